The maximum absolute atomic E-state index is 6.39. The van der Waals surface area contributed by atoms with Gasteiger partial charge in [-0.2, -0.15) is 0 Å². The predicted molar refractivity (Wildman–Crippen MR) is 232 cm³/mol. The van der Waals surface area contributed by atoms with E-state index in [9.17, 15) is 0 Å². The molecule has 0 N–H and O–H groups in total. The van der Waals surface area contributed by atoms with Crippen molar-refractivity contribution in [2.75, 3.05) is 0 Å². The van der Waals surface area contributed by atoms with E-state index >= 15 is 0 Å². The van der Waals surface area contributed by atoms with Crippen molar-refractivity contribution >= 4 is 32.7 Å². The van der Waals surface area contributed by atoms with Gasteiger partial charge in [0.05, 0.1) is 11.4 Å². The summed E-state index contributed by atoms with van der Waals surface area (Å²) >= 11 is 0. The number of hydrogen-bond donors (Lipinski definition) is 0. The average Bonchev–Trinajstić information content (AvgIpc) is 3.75. The fraction of sp³-hybridized carbons (Fsp3) is 0.0566. The molecule has 0 unspecified atom stereocenters. The molecule has 1 aliphatic carbocycles. The molecule has 0 aliphatic heterocycles. The largest absolute Gasteiger partial charge is 0.455 e. The van der Waals surface area contributed by atoms with Gasteiger partial charge in [-0.05, 0) is 74.0 Å². The van der Waals surface area contributed by atoms with Crippen molar-refractivity contribution in [3.05, 3.63) is 193 Å². The van der Waals surface area contributed by atoms with E-state index in [0.717, 1.165) is 72.3 Å². The number of aromatic nitrogens is 2. The summed E-state index contributed by atoms with van der Waals surface area (Å²) in [5.74, 6) is 0.704. The molecule has 8 aromatic carbocycles. The van der Waals surface area contributed by atoms with Crippen LogP contribution in [0.5, 0.6) is 0 Å². The van der Waals surface area contributed by atoms with Crippen LogP contribution in [-0.4, -0.2) is 9.97 Å². The molecule has 0 saturated heterocycles. The number of para-hydroxylation sites is 2. The Hall–Kier alpha value is -7.10. The lowest BCUT2D eigenvalue weighted by Gasteiger charge is -2.22. The molecule has 3 nitrogen and oxygen atoms in total. The second-order valence-electron chi connectivity index (χ2n) is 15.3. The highest BCUT2D eigenvalue weighted by atomic mass is 16.3. The molecule has 1 aliphatic rings. The van der Waals surface area contributed by atoms with Crippen molar-refractivity contribution in [1.82, 2.24) is 9.97 Å². The van der Waals surface area contributed by atoms with Gasteiger partial charge in [0.15, 0.2) is 5.82 Å². The highest BCUT2D eigenvalue weighted by Crippen LogP contribution is 2.53. The lowest BCUT2D eigenvalue weighted by molar-refractivity contribution is 0.661. The van der Waals surface area contributed by atoms with E-state index in [1.807, 2.05) is 18.2 Å². The van der Waals surface area contributed by atoms with Crippen LogP contribution < -0.4 is 0 Å². The molecule has 0 spiro atoms. The number of benzene rings is 8. The summed E-state index contributed by atoms with van der Waals surface area (Å²) < 4.78 is 6.39. The van der Waals surface area contributed by atoms with Crippen LogP contribution in [0.3, 0.4) is 0 Å². The first-order chi connectivity index (χ1) is 27.5. The smallest absolute Gasteiger partial charge is 0.160 e. The first-order valence-corrected chi connectivity index (χ1v) is 19.2. The topological polar surface area (TPSA) is 38.9 Å². The van der Waals surface area contributed by atoms with Crippen LogP contribution in [-0.2, 0) is 5.41 Å². The van der Waals surface area contributed by atoms with Crippen molar-refractivity contribution in [1.29, 1.82) is 0 Å². The van der Waals surface area contributed by atoms with E-state index in [1.54, 1.807) is 0 Å². The molecule has 11 rings (SSSR count). The number of nitrogens with zero attached hydrogens (tertiary/aromatic N) is 2. The van der Waals surface area contributed by atoms with Gasteiger partial charge >= 0.3 is 0 Å². The summed E-state index contributed by atoms with van der Waals surface area (Å²) in [5, 5.41) is 4.77. The van der Waals surface area contributed by atoms with Crippen molar-refractivity contribution in [3.63, 3.8) is 0 Å². The fourth-order valence-electron chi connectivity index (χ4n) is 8.89. The second-order valence-corrected chi connectivity index (χ2v) is 15.3. The SMILES string of the molecule is CC1(C)c2cc3ccccc3cc2-c2c(-c3cc(-c4ccccc4-c4ccc(-c5cccc6c5oc5ccccc56)cc4)nc(-c4ccccc4)n3)cccc21. The predicted octanol–water partition coefficient (Wildman–Crippen LogP) is 14.2. The van der Waals surface area contributed by atoms with E-state index in [2.05, 4.69) is 178 Å². The molecule has 56 heavy (non-hydrogen) atoms. The van der Waals surface area contributed by atoms with Gasteiger partial charge in [-0.15, -0.1) is 0 Å². The standard InChI is InChI=1S/C53H36N2O/c1-53(2)45-24-13-23-43(50(45)44-30-36-16-6-7-17-37(36)31-46(44)53)48-32-47(54-52(55-48)35-14-4-3-5-15-35)40-19-9-8-18-38(40)33-26-28-34(29-27-33)39-21-12-22-42-41-20-10-11-25-49(41)56-51(39)42/h3-32H,1-2H3. The maximum atomic E-state index is 6.39. The zero-order valence-electron chi connectivity index (χ0n) is 31.1. The van der Waals surface area contributed by atoms with Gasteiger partial charge in [0.2, 0.25) is 0 Å². The fourth-order valence-corrected chi connectivity index (χ4v) is 8.89. The lowest BCUT2D eigenvalue weighted by Crippen LogP contribution is -2.14. The van der Waals surface area contributed by atoms with Gasteiger partial charge in [-0.25, -0.2) is 9.97 Å². The molecule has 0 amide bonds. The summed E-state index contributed by atoms with van der Waals surface area (Å²) in [4.78, 5) is 10.6. The molecule has 0 atom stereocenters. The van der Waals surface area contributed by atoms with E-state index in [0.29, 0.717) is 5.82 Å². The van der Waals surface area contributed by atoms with Crippen molar-refractivity contribution in [2.24, 2.45) is 0 Å². The van der Waals surface area contributed by atoms with Crippen LogP contribution >= 0.6 is 0 Å². The van der Waals surface area contributed by atoms with E-state index in [4.69, 9.17) is 14.4 Å². The number of rotatable bonds is 5. The first-order valence-electron chi connectivity index (χ1n) is 19.2. The van der Waals surface area contributed by atoms with Crippen LogP contribution in [0.25, 0.3) is 100.0 Å². The third-order valence-corrected chi connectivity index (χ3v) is 11.7. The van der Waals surface area contributed by atoms with Crippen LogP contribution in [0, 0.1) is 0 Å². The minimum atomic E-state index is -0.155. The monoisotopic (exact) mass is 716 g/mol. The Morgan fingerprint density at radius 2 is 1.00 bits per heavy atom. The quantitative estimate of drug-likeness (QED) is 0.178. The highest BCUT2D eigenvalue weighted by molar-refractivity contribution is 6.09. The van der Waals surface area contributed by atoms with Crippen molar-refractivity contribution in [2.45, 2.75) is 19.3 Å². The minimum absolute atomic E-state index is 0.155. The normalized spacial score (nSPS) is 13.0. The molecule has 0 saturated carbocycles. The summed E-state index contributed by atoms with van der Waals surface area (Å²) in [7, 11) is 0. The zero-order valence-corrected chi connectivity index (χ0v) is 31.1. The molecule has 10 aromatic rings. The number of furan rings is 1. The lowest BCUT2D eigenvalue weighted by atomic mass is 9.81. The summed E-state index contributed by atoms with van der Waals surface area (Å²) in [6.45, 7) is 4.69. The van der Waals surface area contributed by atoms with Crippen LogP contribution in [0.1, 0.15) is 25.0 Å². The van der Waals surface area contributed by atoms with Gasteiger partial charge < -0.3 is 4.42 Å². The molecule has 3 heteroatoms. The Morgan fingerprint density at radius 3 is 1.80 bits per heavy atom. The van der Waals surface area contributed by atoms with Crippen LogP contribution in [0.15, 0.2) is 186 Å². The average molecular weight is 717 g/mol. The van der Waals surface area contributed by atoms with Gasteiger partial charge in [-0.1, -0.05) is 172 Å². The Kier molecular flexibility index (Phi) is 7.20. The van der Waals surface area contributed by atoms with Gasteiger partial charge in [-0.3, -0.25) is 0 Å². The molecular formula is C53H36N2O. The second kappa shape index (κ2) is 12.5. The first kappa shape index (κ1) is 32.3. The van der Waals surface area contributed by atoms with Crippen LogP contribution in [0.4, 0.5) is 0 Å². The number of hydrogen-bond acceptors (Lipinski definition) is 3. The summed E-state index contributed by atoms with van der Waals surface area (Å²) in [5.41, 5.74) is 16.2. The summed E-state index contributed by atoms with van der Waals surface area (Å²) in [6.07, 6.45) is 0. The Labute approximate surface area is 325 Å². The van der Waals surface area contributed by atoms with Gasteiger partial charge in [0, 0.05) is 38.4 Å². The zero-order chi connectivity index (χ0) is 37.4. The van der Waals surface area contributed by atoms with Gasteiger partial charge in [0.25, 0.3) is 0 Å². The van der Waals surface area contributed by atoms with E-state index in [1.165, 1.54) is 33.0 Å². The Bertz CT molecular complexity index is 3150. The maximum Gasteiger partial charge on any atom is 0.160 e. The highest BCUT2D eigenvalue weighted by Gasteiger charge is 2.37. The molecule has 2 heterocycles. The Balaban J connectivity index is 1.06. The minimum Gasteiger partial charge on any atom is -0.455 e. The molecule has 0 bridgehead atoms. The molecule has 0 fully saturated rings. The van der Waals surface area contributed by atoms with Gasteiger partial charge in [0.1, 0.15) is 11.2 Å². The number of fused-ring (bicyclic) bond motifs is 7. The third-order valence-electron chi connectivity index (χ3n) is 11.7. The van der Waals surface area contributed by atoms with Crippen molar-refractivity contribution in [3.8, 4) is 67.3 Å². The van der Waals surface area contributed by atoms with E-state index < -0.39 is 0 Å². The third kappa shape index (κ3) is 5.05. The molecule has 264 valence electrons. The Morgan fingerprint density at radius 1 is 0.411 bits per heavy atom. The van der Waals surface area contributed by atoms with E-state index in [-0.39, 0.29) is 5.41 Å². The molecular weight excluding hydrogens is 681 g/mol. The summed E-state index contributed by atoms with van der Waals surface area (Å²) in [6, 6.07) is 64.7. The molecule has 0 radical (unpaired) electrons. The van der Waals surface area contributed by atoms with Crippen molar-refractivity contribution < 1.29 is 4.42 Å². The molecule has 2 aromatic heterocycles. The van der Waals surface area contributed by atoms with Crippen LogP contribution in [0.2, 0.25) is 0 Å².